The lowest BCUT2D eigenvalue weighted by Gasteiger charge is -2.19. The molecule has 0 radical (unpaired) electrons. The number of methoxy groups -OCH3 is 1. The SMILES string of the molecule is CCN(CC)CCOc1cc(NC(=O)c2c(C)nn(-c3ccccc3)c2C)ccc1OC. The number of anilines is 1. The molecule has 3 aromatic rings. The van der Waals surface area contributed by atoms with Gasteiger partial charge in [0.15, 0.2) is 11.5 Å². The molecule has 0 aliphatic carbocycles. The molecule has 0 spiro atoms. The summed E-state index contributed by atoms with van der Waals surface area (Å²) >= 11 is 0. The number of carbonyl (C=O) groups is 1. The average Bonchev–Trinajstić information content (AvgIpc) is 3.11. The van der Waals surface area contributed by atoms with E-state index in [4.69, 9.17) is 9.47 Å². The summed E-state index contributed by atoms with van der Waals surface area (Å²) in [6, 6.07) is 15.2. The fourth-order valence-electron chi connectivity index (χ4n) is 3.68. The maximum absolute atomic E-state index is 13.1. The third-order valence-corrected chi connectivity index (χ3v) is 5.50. The van der Waals surface area contributed by atoms with Gasteiger partial charge in [0.2, 0.25) is 0 Å². The molecule has 1 heterocycles. The minimum Gasteiger partial charge on any atom is -0.493 e. The number of rotatable bonds is 10. The number of nitrogens with zero attached hydrogens (tertiary/aromatic N) is 3. The first-order valence-corrected chi connectivity index (χ1v) is 10.9. The molecule has 0 aliphatic rings. The van der Waals surface area contributed by atoms with Crippen molar-refractivity contribution >= 4 is 11.6 Å². The van der Waals surface area contributed by atoms with E-state index < -0.39 is 0 Å². The van der Waals surface area contributed by atoms with Gasteiger partial charge in [0.05, 0.1) is 29.7 Å². The Kier molecular flexibility index (Phi) is 7.89. The van der Waals surface area contributed by atoms with Gasteiger partial charge in [-0.15, -0.1) is 0 Å². The van der Waals surface area contributed by atoms with Gasteiger partial charge in [0.25, 0.3) is 5.91 Å². The fraction of sp³-hybridized carbons (Fsp3) is 0.360. The Morgan fingerprint density at radius 1 is 1.06 bits per heavy atom. The molecule has 170 valence electrons. The molecule has 0 saturated carbocycles. The van der Waals surface area contributed by atoms with E-state index in [0.29, 0.717) is 35.1 Å². The second kappa shape index (κ2) is 10.8. The second-order valence-electron chi connectivity index (χ2n) is 7.49. The Labute approximate surface area is 190 Å². The molecule has 1 aromatic heterocycles. The second-order valence-corrected chi connectivity index (χ2v) is 7.49. The fourth-order valence-corrected chi connectivity index (χ4v) is 3.68. The molecule has 1 amide bonds. The van der Waals surface area contributed by atoms with Crippen LogP contribution in [0.4, 0.5) is 5.69 Å². The first-order valence-electron chi connectivity index (χ1n) is 10.9. The van der Waals surface area contributed by atoms with E-state index in [1.165, 1.54) is 0 Å². The zero-order valence-electron chi connectivity index (χ0n) is 19.5. The Balaban J connectivity index is 1.77. The van der Waals surface area contributed by atoms with Crippen molar-refractivity contribution in [1.29, 1.82) is 0 Å². The number of nitrogens with one attached hydrogen (secondary N) is 1. The van der Waals surface area contributed by atoms with E-state index in [0.717, 1.165) is 31.0 Å². The molecule has 2 aromatic carbocycles. The molecule has 3 rings (SSSR count). The van der Waals surface area contributed by atoms with Crippen molar-refractivity contribution in [2.45, 2.75) is 27.7 Å². The standard InChI is InChI=1S/C25H32N4O3/c1-6-28(7-2)15-16-32-23-17-20(13-14-22(23)31-5)26-25(30)24-18(3)27-29(19(24)4)21-11-9-8-10-12-21/h8-14,17H,6-7,15-16H2,1-5H3,(H,26,30). The van der Waals surface area contributed by atoms with Crippen LogP contribution in [0.1, 0.15) is 35.6 Å². The summed E-state index contributed by atoms with van der Waals surface area (Å²) in [6.45, 7) is 11.3. The van der Waals surface area contributed by atoms with Gasteiger partial charge in [-0.3, -0.25) is 4.79 Å². The lowest BCUT2D eigenvalue weighted by Crippen LogP contribution is -2.28. The van der Waals surface area contributed by atoms with Gasteiger partial charge in [0, 0.05) is 18.3 Å². The van der Waals surface area contributed by atoms with Crippen LogP contribution in [-0.2, 0) is 0 Å². The Morgan fingerprint density at radius 2 is 1.78 bits per heavy atom. The molecule has 32 heavy (non-hydrogen) atoms. The number of benzene rings is 2. The quantitative estimate of drug-likeness (QED) is 0.508. The molecule has 0 bridgehead atoms. The number of ether oxygens (including phenoxy) is 2. The Hall–Kier alpha value is -3.32. The number of amides is 1. The van der Waals surface area contributed by atoms with Crippen LogP contribution in [0.15, 0.2) is 48.5 Å². The van der Waals surface area contributed by atoms with Crippen LogP contribution in [-0.4, -0.2) is 53.9 Å². The van der Waals surface area contributed by atoms with Crippen LogP contribution in [0.2, 0.25) is 0 Å². The third-order valence-electron chi connectivity index (χ3n) is 5.50. The van der Waals surface area contributed by atoms with Crippen LogP contribution in [0.25, 0.3) is 5.69 Å². The van der Waals surface area contributed by atoms with Crippen LogP contribution < -0.4 is 14.8 Å². The Bertz CT molecular complexity index is 1040. The van der Waals surface area contributed by atoms with E-state index in [9.17, 15) is 4.79 Å². The van der Waals surface area contributed by atoms with E-state index in [2.05, 4.69) is 29.2 Å². The number of hydrogen-bond donors (Lipinski definition) is 1. The maximum Gasteiger partial charge on any atom is 0.259 e. The summed E-state index contributed by atoms with van der Waals surface area (Å²) in [6.07, 6.45) is 0. The van der Waals surface area contributed by atoms with Crippen molar-refractivity contribution < 1.29 is 14.3 Å². The van der Waals surface area contributed by atoms with Gasteiger partial charge in [-0.2, -0.15) is 5.10 Å². The van der Waals surface area contributed by atoms with E-state index in [1.54, 1.807) is 30.0 Å². The summed E-state index contributed by atoms with van der Waals surface area (Å²) in [5.74, 6) is 1.03. The molecule has 7 heteroatoms. The number of hydrogen-bond acceptors (Lipinski definition) is 5. The molecule has 7 nitrogen and oxygen atoms in total. The summed E-state index contributed by atoms with van der Waals surface area (Å²) < 4.78 is 13.2. The number of likely N-dealkylation sites (N-methyl/N-ethyl adjacent to an activating group) is 1. The van der Waals surface area contributed by atoms with Gasteiger partial charge < -0.3 is 19.7 Å². The van der Waals surface area contributed by atoms with Crippen LogP contribution >= 0.6 is 0 Å². The highest BCUT2D eigenvalue weighted by atomic mass is 16.5. The lowest BCUT2D eigenvalue weighted by molar-refractivity contribution is 0.102. The molecule has 0 fully saturated rings. The van der Waals surface area contributed by atoms with Gasteiger partial charge in [-0.05, 0) is 51.2 Å². The van der Waals surface area contributed by atoms with E-state index in [-0.39, 0.29) is 5.91 Å². The normalized spacial score (nSPS) is 10.9. The van der Waals surface area contributed by atoms with Crippen LogP contribution in [0, 0.1) is 13.8 Å². The van der Waals surface area contributed by atoms with E-state index >= 15 is 0 Å². The molecule has 0 aliphatic heterocycles. The van der Waals surface area contributed by atoms with Crippen molar-refractivity contribution in [1.82, 2.24) is 14.7 Å². The number of aryl methyl sites for hydroxylation is 1. The highest BCUT2D eigenvalue weighted by Crippen LogP contribution is 2.31. The number of carbonyl (C=O) groups excluding carboxylic acids is 1. The first-order chi connectivity index (χ1) is 15.5. The smallest absolute Gasteiger partial charge is 0.259 e. The summed E-state index contributed by atoms with van der Waals surface area (Å²) in [4.78, 5) is 15.4. The van der Waals surface area contributed by atoms with Crippen LogP contribution in [0.5, 0.6) is 11.5 Å². The number of aromatic nitrogens is 2. The molecule has 0 unspecified atom stereocenters. The van der Waals surface area contributed by atoms with Crippen LogP contribution in [0.3, 0.4) is 0 Å². The average molecular weight is 437 g/mol. The summed E-state index contributed by atoms with van der Waals surface area (Å²) in [5, 5.41) is 7.55. The highest BCUT2D eigenvalue weighted by Gasteiger charge is 2.20. The zero-order chi connectivity index (χ0) is 23.1. The van der Waals surface area contributed by atoms with Gasteiger partial charge in [0.1, 0.15) is 6.61 Å². The molecule has 0 atom stereocenters. The Morgan fingerprint density at radius 3 is 2.44 bits per heavy atom. The van der Waals surface area contributed by atoms with Gasteiger partial charge in [-0.25, -0.2) is 4.68 Å². The molecule has 0 saturated heterocycles. The minimum absolute atomic E-state index is 0.207. The van der Waals surface area contributed by atoms with Crippen molar-refractivity contribution in [2.24, 2.45) is 0 Å². The maximum atomic E-state index is 13.1. The molecular formula is C25H32N4O3. The lowest BCUT2D eigenvalue weighted by atomic mass is 10.1. The zero-order valence-corrected chi connectivity index (χ0v) is 19.5. The molecular weight excluding hydrogens is 404 g/mol. The predicted molar refractivity (Wildman–Crippen MR) is 127 cm³/mol. The van der Waals surface area contributed by atoms with Crippen molar-refractivity contribution in [2.75, 3.05) is 38.7 Å². The minimum atomic E-state index is -0.207. The summed E-state index contributed by atoms with van der Waals surface area (Å²) in [7, 11) is 1.61. The predicted octanol–water partition coefficient (Wildman–Crippen LogP) is 4.47. The van der Waals surface area contributed by atoms with E-state index in [1.807, 2.05) is 44.2 Å². The van der Waals surface area contributed by atoms with Gasteiger partial charge in [-0.1, -0.05) is 32.0 Å². The van der Waals surface area contributed by atoms with Gasteiger partial charge >= 0.3 is 0 Å². The monoisotopic (exact) mass is 436 g/mol. The third kappa shape index (κ3) is 5.29. The number of para-hydroxylation sites is 1. The summed E-state index contributed by atoms with van der Waals surface area (Å²) in [5.41, 5.74) is 3.58. The largest absolute Gasteiger partial charge is 0.493 e. The van der Waals surface area contributed by atoms with Crippen molar-refractivity contribution in [3.63, 3.8) is 0 Å². The van der Waals surface area contributed by atoms with Crippen molar-refractivity contribution in [3.8, 4) is 17.2 Å². The molecule has 1 N–H and O–H groups in total. The highest BCUT2D eigenvalue weighted by molar-refractivity contribution is 6.06. The van der Waals surface area contributed by atoms with Crippen molar-refractivity contribution in [3.05, 3.63) is 65.5 Å². The topological polar surface area (TPSA) is 68.6 Å². The first kappa shape index (κ1) is 23.3.